The second kappa shape index (κ2) is 3.88. The summed E-state index contributed by atoms with van der Waals surface area (Å²) in [6.07, 6.45) is 4.15. The molecular formula is C9H8AgO4-2. The van der Waals surface area contributed by atoms with E-state index in [0.29, 0.717) is 6.42 Å². The van der Waals surface area contributed by atoms with Crippen LogP contribution in [0.25, 0.3) is 0 Å². The van der Waals surface area contributed by atoms with E-state index in [1.165, 1.54) is 0 Å². The minimum atomic E-state index is -1.27. The molecule has 2 aliphatic rings. The van der Waals surface area contributed by atoms with Crippen molar-refractivity contribution in [1.29, 1.82) is 0 Å². The Bertz CT molecular complexity index is 271. The molecule has 0 N–H and O–H groups in total. The van der Waals surface area contributed by atoms with Crippen LogP contribution in [0.5, 0.6) is 0 Å². The first-order valence-electron chi connectivity index (χ1n) is 4.21. The van der Waals surface area contributed by atoms with Gasteiger partial charge in [-0.2, -0.15) is 0 Å². The van der Waals surface area contributed by atoms with Crippen LogP contribution in [0.3, 0.4) is 0 Å². The van der Waals surface area contributed by atoms with Crippen molar-refractivity contribution in [2.75, 3.05) is 0 Å². The second-order valence-corrected chi connectivity index (χ2v) is 3.64. The molecule has 4 unspecified atom stereocenters. The number of fused-ring (bicyclic) bond motifs is 2. The zero-order chi connectivity index (χ0) is 9.59. The summed E-state index contributed by atoms with van der Waals surface area (Å²) in [7, 11) is 0. The summed E-state index contributed by atoms with van der Waals surface area (Å²) in [5.74, 6) is -4.66. The summed E-state index contributed by atoms with van der Waals surface area (Å²) in [4.78, 5) is 21.3. The van der Waals surface area contributed by atoms with Crippen LogP contribution in [0.2, 0.25) is 0 Å². The van der Waals surface area contributed by atoms with Crippen molar-refractivity contribution in [2.45, 2.75) is 6.42 Å². The Labute approximate surface area is 96.5 Å². The van der Waals surface area contributed by atoms with Crippen molar-refractivity contribution < 1.29 is 42.2 Å². The first-order valence-corrected chi connectivity index (χ1v) is 4.21. The van der Waals surface area contributed by atoms with Crippen LogP contribution in [0.15, 0.2) is 12.2 Å². The van der Waals surface area contributed by atoms with E-state index in [0.717, 1.165) is 0 Å². The average Bonchev–Trinajstić information content (AvgIpc) is 2.60. The van der Waals surface area contributed by atoms with Gasteiger partial charge < -0.3 is 19.8 Å². The maximum Gasteiger partial charge on any atom is 0.0457 e. The number of carbonyl (C=O) groups excluding carboxylic acids is 2. The first-order chi connectivity index (χ1) is 6.11. The third-order valence-electron chi connectivity index (χ3n) is 3.00. The number of carboxylic acid groups (broad SMARTS) is 2. The minimum absolute atomic E-state index is 0. The normalized spacial score (nSPS) is 38.0. The number of rotatable bonds is 2. The Morgan fingerprint density at radius 1 is 1.00 bits per heavy atom. The Morgan fingerprint density at radius 3 is 1.64 bits per heavy atom. The molecule has 0 saturated heterocycles. The van der Waals surface area contributed by atoms with Crippen molar-refractivity contribution in [2.24, 2.45) is 23.7 Å². The van der Waals surface area contributed by atoms with Crippen LogP contribution < -0.4 is 10.2 Å². The third kappa shape index (κ3) is 1.54. The fourth-order valence-corrected chi connectivity index (χ4v) is 2.46. The molecule has 1 radical (unpaired) electrons. The van der Waals surface area contributed by atoms with Crippen molar-refractivity contribution in [3.8, 4) is 0 Å². The number of carboxylic acids is 2. The van der Waals surface area contributed by atoms with E-state index >= 15 is 0 Å². The van der Waals surface area contributed by atoms with E-state index in [1.54, 1.807) is 12.2 Å². The molecule has 2 aliphatic carbocycles. The molecule has 4 nitrogen and oxygen atoms in total. The van der Waals surface area contributed by atoms with Crippen LogP contribution in [-0.4, -0.2) is 11.9 Å². The van der Waals surface area contributed by atoms with Crippen molar-refractivity contribution in [3.05, 3.63) is 12.2 Å². The predicted octanol–water partition coefficient (Wildman–Crippen LogP) is -2.08. The Balaban J connectivity index is 0.000000980. The fourth-order valence-electron chi connectivity index (χ4n) is 2.46. The van der Waals surface area contributed by atoms with Gasteiger partial charge in [-0.15, -0.1) is 0 Å². The summed E-state index contributed by atoms with van der Waals surface area (Å²) in [6.45, 7) is 0. The smallest absolute Gasteiger partial charge is 0.0457 e. The summed E-state index contributed by atoms with van der Waals surface area (Å²) >= 11 is 0. The van der Waals surface area contributed by atoms with E-state index in [2.05, 4.69) is 0 Å². The Hall–Kier alpha value is -0.580. The zero-order valence-corrected chi connectivity index (χ0v) is 8.59. The molecule has 2 rings (SSSR count). The summed E-state index contributed by atoms with van der Waals surface area (Å²) < 4.78 is 0. The van der Waals surface area contributed by atoms with Gasteiger partial charge in [0, 0.05) is 46.2 Å². The van der Waals surface area contributed by atoms with Gasteiger partial charge in [-0.05, 0) is 18.3 Å². The SMILES string of the molecule is O=C([O-])C1C2C=CC(C2)C1C(=O)[O-].[Ag]. The Kier molecular flexibility index (Phi) is 3.19. The van der Waals surface area contributed by atoms with Crippen molar-refractivity contribution in [1.82, 2.24) is 0 Å². The quantitative estimate of drug-likeness (QED) is 0.431. The zero-order valence-electron chi connectivity index (χ0n) is 7.11. The molecule has 1 fully saturated rings. The van der Waals surface area contributed by atoms with E-state index < -0.39 is 23.8 Å². The van der Waals surface area contributed by atoms with Crippen molar-refractivity contribution in [3.63, 3.8) is 0 Å². The van der Waals surface area contributed by atoms with E-state index in [-0.39, 0.29) is 34.2 Å². The van der Waals surface area contributed by atoms with Gasteiger partial charge in [-0.25, -0.2) is 0 Å². The molecule has 0 aromatic carbocycles. The van der Waals surface area contributed by atoms with Gasteiger partial charge in [0.15, 0.2) is 0 Å². The topological polar surface area (TPSA) is 80.3 Å². The molecule has 5 heteroatoms. The first kappa shape index (κ1) is 11.5. The molecule has 14 heavy (non-hydrogen) atoms. The van der Waals surface area contributed by atoms with Gasteiger partial charge in [-0.1, -0.05) is 12.2 Å². The van der Waals surface area contributed by atoms with Gasteiger partial charge in [0.1, 0.15) is 0 Å². The summed E-state index contributed by atoms with van der Waals surface area (Å²) in [6, 6.07) is 0. The molecule has 0 spiro atoms. The molecule has 2 bridgehead atoms. The maximum absolute atomic E-state index is 10.7. The molecule has 81 valence electrons. The van der Waals surface area contributed by atoms with Crippen LogP contribution >= 0.6 is 0 Å². The molecule has 4 atom stereocenters. The minimum Gasteiger partial charge on any atom is -0.550 e. The average molecular weight is 288 g/mol. The van der Waals surface area contributed by atoms with Crippen LogP contribution in [-0.2, 0) is 32.0 Å². The van der Waals surface area contributed by atoms with E-state index in [4.69, 9.17) is 0 Å². The largest absolute Gasteiger partial charge is 0.550 e. The van der Waals surface area contributed by atoms with Crippen LogP contribution in [0.1, 0.15) is 6.42 Å². The maximum atomic E-state index is 10.7. The summed E-state index contributed by atoms with van der Waals surface area (Å²) in [5, 5.41) is 21.3. The Morgan fingerprint density at radius 2 is 1.36 bits per heavy atom. The number of aliphatic carboxylic acids is 2. The molecule has 0 aromatic heterocycles. The van der Waals surface area contributed by atoms with Gasteiger partial charge in [0.2, 0.25) is 0 Å². The number of hydrogen-bond acceptors (Lipinski definition) is 4. The number of carbonyl (C=O) groups is 2. The number of allylic oxidation sites excluding steroid dienone is 2. The fraction of sp³-hybridized carbons (Fsp3) is 0.556. The van der Waals surface area contributed by atoms with Gasteiger partial charge in [0.25, 0.3) is 0 Å². The second-order valence-electron chi connectivity index (χ2n) is 3.64. The van der Waals surface area contributed by atoms with Gasteiger partial charge >= 0.3 is 0 Å². The van der Waals surface area contributed by atoms with Crippen LogP contribution in [0, 0.1) is 23.7 Å². The summed E-state index contributed by atoms with van der Waals surface area (Å²) in [5.41, 5.74) is 0. The molecule has 0 aromatic rings. The van der Waals surface area contributed by atoms with E-state index in [1.807, 2.05) is 0 Å². The number of hydrogen-bond donors (Lipinski definition) is 0. The molecular weight excluding hydrogens is 280 g/mol. The van der Waals surface area contributed by atoms with E-state index in [9.17, 15) is 19.8 Å². The molecule has 0 aliphatic heterocycles. The van der Waals surface area contributed by atoms with Gasteiger partial charge in [-0.3, -0.25) is 0 Å². The molecule has 0 amide bonds. The molecule has 0 heterocycles. The standard InChI is InChI=1S/C9H10O4.Ag/c10-8(11)6-4-1-2-5(3-4)7(6)9(12)13;/h1-2,4-7H,3H2,(H,10,11)(H,12,13);/p-2. The van der Waals surface area contributed by atoms with Gasteiger partial charge in [0.05, 0.1) is 0 Å². The monoisotopic (exact) mass is 287 g/mol. The predicted molar refractivity (Wildman–Crippen MR) is 37.7 cm³/mol. The van der Waals surface area contributed by atoms with Crippen LogP contribution in [0.4, 0.5) is 0 Å². The third-order valence-corrected chi connectivity index (χ3v) is 3.00. The van der Waals surface area contributed by atoms with Crippen molar-refractivity contribution >= 4 is 11.9 Å². The molecule has 1 saturated carbocycles.